The summed E-state index contributed by atoms with van der Waals surface area (Å²) < 4.78 is 5.07. The van der Waals surface area contributed by atoms with E-state index in [1.54, 1.807) is 0 Å². The number of nitrogens with zero attached hydrogens (tertiary/aromatic N) is 2. The molecule has 0 N–H and O–H groups in total. The molecule has 0 aliphatic heterocycles. The van der Waals surface area contributed by atoms with Crippen molar-refractivity contribution in [1.82, 2.24) is 0 Å². The van der Waals surface area contributed by atoms with Crippen LogP contribution in [-0.4, -0.2) is 15.8 Å². The summed E-state index contributed by atoms with van der Waals surface area (Å²) in [7, 11) is 0. The summed E-state index contributed by atoms with van der Waals surface area (Å²) in [6.07, 6.45) is 0. The Kier molecular flexibility index (Phi) is 4.12. The first kappa shape index (κ1) is 15.1. The molecule has 0 spiro atoms. The minimum atomic E-state index is -0.781. The lowest BCUT2D eigenvalue weighted by atomic mass is 10.2. The van der Waals surface area contributed by atoms with Crippen molar-refractivity contribution in [2.45, 2.75) is 6.92 Å². The summed E-state index contributed by atoms with van der Waals surface area (Å²) in [4.78, 5) is 32.2. The fourth-order valence-corrected chi connectivity index (χ4v) is 1.81. The van der Waals surface area contributed by atoms with Crippen LogP contribution in [0.5, 0.6) is 5.75 Å². The molecule has 0 fully saturated rings. The van der Waals surface area contributed by atoms with Gasteiger partial charge in [-0.15, -0.1) is 0 Å². The summed E-state index contributed by atoms with van der Waals surface area (Å²) in [5.41, 5.74) is 0.0454. The van der Waals surface area contributed by atoms with E-state index in [9.17, 15) is 25.0 Å². The van der Waals surface area contributed by atoms with Gasteiger partial charge in [-0.3, -0.25) is 20.2 Å². The molecule has 0 aromatic heterocycles. The normalized spacial score (nSPS) is 10.0. The maximum Gasteiger partial charge on any atom is 0.343 e. The number of carbonyl (C=O) groups is 1. The number of nitro benzene ring substituents is 2. The number of hydrogen-bond acceptors (Lipinski definition) is 6. The molecule has 0 saturated heterocycles. The molecule has 8 heteroatoms. The van der Waals surface area contributed by atoms with Crippen molar-refractivity contribution in [3.8, 4) is 5.75 Å². The van der Waals surface area contributed by atoms with Crippen molar-refractivity contribution in [2.24, 2.45) is 0 Å². The van der Waals surface area contributed by atoms with Crippen molar-refractivity contribution >= 4 is 17.3 Å². The molecule has 22 heavy (non-hydrogen) atoms. The zero-order chi connectivity index (χ0) is 16.3. The summed E-state index contributed by atoms with van der Waals surface area (Å²) >= 11 is 0. The van der Waals surface area contributed by atoms with E-state index in [4.69, 9.17) is 4.74 Å². The minimum Gasteiger partial charge on any atom is -0.423 e. The number of ether oxygens (including phenoxy) is 1. The fraction of sp³-hybridized carbons (Fsp3) is 0.0714. The third-order valence-corrected chi connectivity index (χ3v) is 2.87. The van der Waals surface area contributed by atoms with Gasteiger partial charge in [-0.1, -0.05) is 6.07 Å². The molecule has 112 valence electrons. The highest BCUT2D eigenvalue weighted by molar-refractivity contribution is 5.91. The first-order valence-electron chi connectivity index (χ1n) is 6.10. The number of aryl methyl sites for hydroxylation is 1. The molecule has 2 aromatic rings. The van der Waals surface area contributed by atoms with Crippen LogP contribution >= 0.6 is 0 Å². The predicted molar refractivity (Wildman–Crippen MR) is 75.9 cm³/mol. The number of esters is 1. The predicted octanol–water partition coefficient (Wildman–Crippen LogP) is 3.03. The average Bonchev–Trinajstić information content (AvgIpc) is 2.47. The van der Waals surface area contributed by atoms with E-state index in [1.165, 1.54) is 43.3 Å². The molecule has 0 unspecified atom stereocenters. The van der Waals surface area contributed by atoms with E-state index < -0.39 is 15.8 Å². The van der Waals surface area contributed by atoms with E-state index in [0.717, 1.165) is 6.07 Å². The van der Waals surface area contributed by atoms with Gasteiger partial charge in [0.2, 0.25) is 0 Å². The highest BCUT2D eigenvalue weighted by Crippen LogP contribution is 2.24. The second-order valence-corrected chi connectivity index (χ2v) is 4.40. The molecule has 8 nitrogen and oxygen atoms in total. The van der Waals surface area contributed by atoms with E-state index in [0.29, 0.717) is 5.56 Å². The SMILES string of the molecule is Cc1cc(OC(=O)c2cccc([N+](=O)[O-])c2)ccc1[N+](=O)[O-]. The molecule has 0 bridgehead atoms. The van der Waals surface area contributed by atoms with Gasteiger partial charge in [0.15, 0.2) is 0 Å². The molecule has 0 saturated carbocycles. The van der Waals surface area contributed by atoms with Crippen molar-refractivity contribution in [1.29, 1.82) is 0 Å². The number of nitro groups is 2. The Hall–Kier alpha value is -3.29. The Morgan fingerprint density at radius 3 is 2.36 bits per heavy atom. The Morgan fingerprint density at radius 2 is 1.77 bits per heavy atom. The summed E-state index contributed by atoms with van der Waals surface area (Å²) in [6, 6.07) is 8.98. The Bertz CT molecular complexity index is 772. The van der Waals surface area contributed by atoms with Gasteiger partial charge in [0, 0.05) is 23.8 Å². The van der Waals surface area contributed by atoms with E-state index >= 15 is 0 Å². The van der Waals surface area contributed by atoms with Gasteiger partial charge in [0.05, 0.1) is 15.4 Å². The maximum absolute atomic E-state index is 11.9. The average molecular weight is 302 g/mol. The first-order chi connectivity index (χ1) is 10.4. The van der Waals surface area contributed by atoms with Gasteiger partial charge in [0.25, 0.3) is 11.4 Å². The molecule has 0 atom stereocenters. The van der Waals surface area contributed by atoms with Crippen LogP contribution in [0.3, 0.4) is 0 Å². The van der Waals surface area contributed by atoms with Gasteiger partial charge in [0.1, 0.15) is 5.75 Å². The van der Waals surface area contributed by atoms with Crippen LogP contribution in [0.2, 0.25) is 0 Å². The van der Waals surface area contributed by atoms with E-state index in [2.05, 4.69) is 0 Å². The van der Waals surface area contributed by atoms with E-state index in [-0.39, 0.29) is 22.7 Å². The lowest BCUT2D eigenvalue weighted by molar-refractivity contribution is -0.385. The summed E-state index contributed by atoms with van der Waals surface area (Å²) in [5, 5.41) is 21.4. The lowest BCUT2D eigenvalue weighted by Gasteiger charge is -2.05. The fourth-order valence-electron chi connectivity index (χ4n) is 1.81. The third-order valence-electron chi connectivity index (χ3n) is 2.87. The van der Waals surface area contributed by atoms with Crippen LogP contribution in [-0.2, 0) is 0 Å². The molecule has 0 aliphatic carbocycles. The zero-order valence-electron chi connectivity index (χ0n) is 11.4. The molecule has 2 aromatic carbocycles. The Labute approximate surface area is 124 Å². The first-order valence-corrected chi connectivity index (χ1v) is 6.10. The van der Waals surface area contributed by atoms with Crippen molar-refractivity contribution in [3.63, 3.8) is 0 Å². The van der Waals surface area contributed by atoms with Crippen molar-refractivity contribution in [2.75, 3.05) is 0 Å². The second-order valence-electron chi connectivity index (χ2n) is 4.40. The van der Waals surface area contributed by atoms with Crippen LogP contribution in [0.4, 0.5) is 11.4 Å². The quantitative estimate of drug-likeness (QED) is 0.371. The monoisotopic (exact) mass is 302 g/mol. The largest absolute Gasteiger partial charge is 0.423 e. The van der Waals surface area contributed by atoms with Crippen LogP contribution in [0, 0.1) is 27.2 Å². The van der Waals surface area contributed by atoms with E-state index in [1.807, 2.05) is 0 Å². The smallest absolute Gasteiger partial charge is 0.343 e. The van der Waals surface area contributed by atoms with Crippen molar-refractivity contribution < 1.29 is 19.4 Å². The van der Waals surface area contributed by atoms with Crippen LogP contribution in [0.25, 0.3) is 0 Å². The topological polar surface area (TPSA) is 113 Å². The molecule has 2 rings (SSSR count). The van der Waals surface area contributed by atoms with Gasteiger partial charge < -0.3 is 4.74 Å². The molecule has 0 radical (unpaired) electrons. The molecule has 0 heterocycles. The zero-order valence-corrected chi connectivity index (χ0v) is 11.4. The minimum absolute atomic E-state index is 0.0187. The Balaban J connectivity index is 2.22. The van der Waals surface area contributed by atoms with Gasteiger partial charge in [-0.05, 0) is 25.1 Å². The molecular formula is C14H10N2O6. The third kappa shape index (κ3) is 3.23. The van der Waals surface area contributed by atoms with Gasteiger partial charge in [-0.2, -0.15) is 0 Å². The van der Waals surface area contributed by atoms with Gasteiger partial charge >= 0.3 is 5.97 Å². The summed E-state index contributed by atoms with van der Waals surface area (Å²) in [5.74, 6) is -0.656. The summed E-state index contributed by atoms with van der Waals surface area (Å²) in [6.45, 7) is 1.52. The number of non-ortho nitro benzene ring substituents is 1. The highest BCUT2D eigenvalue weighted by Gasteiger charge is 2.15. The number of benzene rings is 2. The Morgan fingerprint density at radius 1 is 1.05 bits per heavy atom. The maximum atomic E-state index is 11.9. The number of rotatable bonds is 4. The second kappa shape index (κ2) is 6.00. The molecular weight excluding hydrogens is 292 g/mol. The standard InChI is InChI=1S/C14H10N2O6/c1-9-7-12(5-6-13(9)16(20)21)22-14(17)10-3-2-4-11(8-10)15(18)19/h2-8H,1H3. The van der Waals surface area contributed by atoms with Gasteiger partial charge in [-0.25, -0.2) is 4.79 Å². The highest BCUT2D eigenvalue weighted by atomic mass is 16.6. The van der Waals surface area contributed by atoms with Crippen molar-refractivity contribution in [3.05, 3.63) is 73.8 Å². The van der Waals surface area contributed by atoms with Crippen LogP contribution in [0.1, 0.15) is 15.9 Å². The number of hydrogen-bond donors (Lipinski definition) is 0. The van der Waals surface area contributed by atoms with Crippen LogP contribution in [0.15, 0.2) is 42.5 Å². The number of carbonyl (C=O) groups excluding carboxylic acids is 1. The molecule has 0 aliphatic rings. The van der Waals surface area contributed by atoms with Crippen LogP contribution < -0.4 is 4.74 Å². The lowest BCUT2D eigenvalue weighted by Crippen LogP contribution is -2.09. The molecule has 0 amide bonds.